The van der Waals surface area contributed by atoms with Crippen molar-refractivity contribution in [3.05, 3.63) is 36.6 Å². The molecule has 4 aliphatic rings. The molecule has 2 heterocycles. The van der Waals surface area contributed by atoms with Crippen molar-refractivity contribution in [1.82, 2.24) is 15.5 Å². The Morgan fingerprint density at radius 2 is 1.74 bits per heavy atom. The van der Waals surface area contributed by atoms with Crippen LogP contribution in [-0.4, -0.2) is 42.2 Å². The van der Waals surface area contributed by atoms with Gasteiger partial charge in [0.25, 0.3) is 0 Å². The summed E-state index contributed by atoms with van der Waals surface area (Å²) >= 11 is 0. The summed E-state index contributed by atoms with van der Waals surface area (Å²) in [5.74, 6) is 1.27. The topological polar surface area (TPSA) is 27.3 Å². The molecule has 1 spiro atoms. The Balaban J connectivity index is 1.58. The molecule has 0 aromatic carbocycles. The van der Waals surface area contributed by atoms with Crippen molar-refractivity contribution in [3.8, 4) is 0 Å². The van der Waals surface area contributed by atoms with Gasteiger partial charge >= 0.3 is 0 Å². The molecule has 0 bridgehead atoms. The van der Waals surface area contributed by atoms with Crippen LogP contribution in [0, 0.1) is 11.8 Å². The van der Waals surface area contributed by atoms with Gasteiger partial charge in [-0.05, 0) is 52.4 Å². The van der Waals surface area contributed by atoms with E-state index in [4.69, 9.17) is 0 Å². The van der Waals surface area contributed by atoms with Gasteiger partial charge in [0.05, 0.1) is 5.54 Å². The second-order valence-electron chi connectivity index (χ2n) is 8.23. The van der Waals surface area contributed by atoms with Crippen LogP contribution in [0.4, 0.5) is 0 Å². The van der Waals surface area contributed by atoms with Gasteiger partial charge in [-0.15, -0.1) is 0 Å². The van der Waals surface area contributed by atoms with Gasteiger partial charge in [-0.2, -0.15) is 0 Å². The molecular formula is C20H31N3. The first-order chi connectivity index (χ1) is 11.1. The number of fused-ring (bicyclic) bond motifs is 4. The van der Waals surface area contributed by atoms with Gasteiger partial charge < -0.3 is 15.5 Å². The predicted molar refractivity (Wildman–Crippen MR) is 96.2 cm³/mol. The lowest BCUT2D eigenvalue weighted by Crippen LogP contribution is -2.65. The average Bonchev–Trinajstić information content (AvgIpc) is 2.96. The van der Waals surface area contributed by atoms with Gasteiger partial charge in [0, 0.05) is 29.5 Å². The quantitative estimate of drug-likeness (QED) is 0.821. The van der Waals surface area contributed by atoms with Crippen molar-refractivity contribution in [1.29, 1.82) is 0 Å². The zero-order chi connectivity index (χ0) is 16.1. The van der Waals surface area contributed by atoms with E-state index < -0.39 is 0 Å². The summed E-state index contributed by atoms with van der Waals surface area (Å²) in [4.78, 5) is 2.48. The fourth-order valence-corrected chi connectivity index (χ4v) is 5.62. The summed E-state index contributed by atoms with van der Waals surface area (Å²) < 4.78 is 0. The maximum atomic E-state index is 3.96. The van der Waals surface area contributed by atoms with Gasteiger partial charge in [-0.3, -0.25) is 0 Å². The largest absolute Gasteiger partial charge is 0.384 e. The predicted octanol–water partition coefficient (Wildman–Crippen LogP) is 2.83. The normalized spacial score (nSPS) is 47.7. The minimum atomic E-state index is 0.243. The number of rotatable bonds is 2. The van der Waals surface area contributed by atoms with Crippen LogP contribution in [0.1, 0.15) is 39.0 Å². The second-order valence-corrected chi connectivity index (χ2v) is 8.23. The number of hydrogen-bond donors (Lipinski definition) is 2. The van der Waals surface area contributed by atoms with E-state index >= 15 is 0 Å². The molecule has 4 unspecified atom stereocenters. The number of hydrogen-bond acceptors (Lipinski definition) is 3. The smallest absolute Gasteiger partial charge is 0.0528 e. The van der Waals surface area contributed by atoms with E-state index in [0.29, 0.717) is 29.5 Å². The van der Waals surface area contributed by atoms with Crippen LogP contribution in [0.2, 0.25) is 0 Å². The van der Waals surface area contributed by atoms with Gasteiger partial charge in [-0.25, -0.2) is 0 Å². The Labute approximate surface area is 140 Å². The first-order valence-corrected chi connectivity index (χ1v) is 9.33. The maximum Gasteiger partial charge on any atom is 0.0528 e. The fourth-order valence-electron chi connectivity index (χ4n) is 5.62. The highest BCUT2D eigenvalue weighted by Gasteiger charge is 2.54. The van der Waals surface area contributed by atoms with Crippen molar-refractivity contribution in [2.45, 2.75) is 62.2 Å². The van der Waals surface area contributed by atoms with E-state index in [0.717, 1.165) is 0 Å². The SMILES string of the molecule is CCC1(N(C)C)CCC2(CC1)NC=CC1C3C=CC=CC3NC12. The lowest BCUT2D eigenvalue weighted by Gasteiger charge is -2.54. The zero-order valence-corrected chi connectivity index (χ0v) is 14.8. The summed E-state index contributed by atoms with van der Waals surface area (Å²) in [7, 11) is 4.52. The molecule has 1 saturated heterocycles. The molecule has 3 nitrogen and oxygen atoms in total. The molecule has 0 aromatic heterocycles. The Bertz CT molecular complexity index is 537. The molecular weight excluding hydrogens is 282 g/mol. The van der Waals surface area contributed by atoms with Crippen LogP contribution < -0.4 is 10.6 Å². The van der Waals surface area contributed by atoms with Gasteiger partial charge in [-0.1, -0.05) is 37.3 Å². The Kier molecular flexibility index (Phi) is 3.69. The molecule has 23 heavy (non-hydrogen) atoms. The summed E-state index contributed by atoms with van der Waals surface area (Å²) in [6.45, 7) is 2.35. The standard InChI is InChI=1S/C20H31N3/c1-4-19(23(2)3)10-12-20(13-11-19)18-16(9-14-21-20)15-7-5-6-8-17(15)22-18/h5-9,14-18,21-22H,4,10-13H2,1-3H3. The molecule has 0 aromatic rings. The van der Waals surface area contributed by atoms with Crippen molar-refractivity contribution in [2.75, 3.05) is 14.1 Å². The lowest BCUT2D eigenvalue weighted by molar-refractivity contribution is 0.0390. The van der Waals surface area contributed by atoms with Crippen LogP contribution in [-0.2, 0) is 0 Å². The Hall–Kier alpha value is -1.06. The Morgan fingerprint density at radius 1 is 1.00 bits per heavy atom. The molecule has 4 atom stereocenters. The minimum Gasteiger partial charge on any atom is -0.384 e. The van der Waals surface area contributed by atoms with E-state index in [9.17, 15) is 0 Å². The minimum absolute atomic E-state index is 0.243. The van der Waals surface area contributed by atoms with Gasteiger partial charge in [0.15, 0.2) is 0 Å². The number of allylic oxidation sites excluding steroid dienone is 2. The molecule has 4 rings (SSSR count). The van der Waals surface area contributed by atoms with Crippen molar-refractivity contribution < 1.29 is 0 Å². The highest BCUT2D eigenvalue weighted by Crippen LogP contribution is 2.47. The summed E-state index contributed by atoms with van der Waals surface area (Å²) in [5.41, 5.74) is 0.641. The van der Waals surface area contributed by atoms with Crippen molar-refractivity contribution in [2.24, 2.45) is 11.8 Å². The molecule has 2 fully saturated rings. The molecule has 126 valence electrons. The average molecular weight is 313 g/mol. The van der Waals surface area contributed by atoms with Crippen LogP contribution in [0.25, 0.3) is 0 Å². The highest BCUT2D eigenvalue weighted by atomic mass is 15.2. The second kappa shape index (κ2) is 5.49. The fraction of sp³-hybridized carbons (Fsp3) is 0.700. The number of nitrogens with one attached hydrogen (secondary N) is 2. The molecule has 0 amide bonds. The third kappa shape index (κ3) is 2.24. The van der Waals surface area contributed by atoms with E-state index in [1.807, 2.05) is 0 Å². The van der Waals surface area contributed by atoms with Gasteiger partial charge in [0.1, 0.15) is 0 Å². The third-order valence-electron chi connectivity index (χ3n) is 7.34. The van der Waals surface area contributed by atoms with Gasteiger partial charge in [0.2, 0.25) is 0 Å². The first-order valence-electron chi connectivity index (χ1n) is 9.33. The van der Waals surface area contributed by atoms with Crippen LogP contribution >= 0.6 is 0 Å². The van der Waals surface area contributed by atoms with Crippen molar-refractivity contribution >= 4 is 0 Å². The monoisotopic (exact) mass is 313 g/mol. The van der Waals surface area contributed by atoms with E-state index in [2.05, 4.69) is 73.1 Å². The Morgan fingerprint density at radius 3 is 2.43 bits per heavy atom. The van der Waals surface area contributed by atoms with Crippen LogP contribution in [0.15, 0.2) is 36.6 Å². The van der Waals surface area contributed by atoms with E-state index in [1.54, 1.807) is 0 Å². The summed E-state index contributed by atoms with van der Waals surface area (Å²) in [6.07, 6.45) is 20.2. The molecule has 0 radical (unpaired) electrons. The molecule has 2 aliphatic carbocycles. The molecule has 3 heteroatoms. The molecule has 2 N–H and O–H groups in total. The third-order valence-corrected chi connectivity index (χ3v) is 7.34. The molecule has 1 saturated carbocycles. The van der Waals surface area contributed by atoms with Crippen LogP contribution in [0.5, 0.6) is 0 Å². The summed E-state index contributed by atoms with van der Waals surface area (Å²) in [5, 5.41) is 7.77. The molecule has 2 aliphatic heterocycles. The van der Waals surface area contributed by atoms with Crippen molar-refractivity contribution in [3.63, 3.8) is 0 Å². The lowest BCUT2D eigenvalue weighted by atomic mass is 9.64. The number of nitrogens with zero attached hydrogens (tertiary/aromatic N) is 1. The van der Waals surface area contributed by atoms with E-state index in [-0.39, 0.29) is 5.54 Å². The zero-order valence-electron chi connectivity index (χ0n) is 14.8. The van der Waals surface area contributed by atoms with E-state index in [1.165, 1.54) is 32.1 Å². The summed E-state index contributed by atoms with van der Waals surface area (Å²) in [6, 6.07) is 1.08. The maximum absolute atomic E-state index is 3.96. The van der Waals surface area contributed by atoms with Crippen LogP contribution in [0.3, 0.4) is 0 Å². The first kappa shape index (κ1) is 15.5. The highest BCUT2D eigenvalue weighted by molar-refractivity contribution is 5.29.